The first-order valence-corrected chi connectivity index (χ1v) is 9.26. The van der Waals surface area contributed by atoms with E-state index >= 15 is 0 Å². The summed E-state index contributed by atoms with van der Waals surface area (Å²) in [4.78, 5) is 0. The number of ether oxygens (including phenoxy) is 3. The summed E-state index contributed by atoms with van der Waals surface area (Å²) in [6.07, 6.45) is 1.85. The Balaban J connectivity index is 1.94. The van der Waals surface area contributed by atoms with E-state index in [1.54, 1.807) is 21.3 Å². The number of rotatable bonds is 7. The second kappa shape index (κ2) is 8.87. The Morgan fingerprint density at radius 3 is 2.62 bits per heavy atom. The van der Waals surface area contributed by atoms with Crippen LogP contribution in [0.5, 0.6) is 5.75 Å². The zero-order valence-corrected chi connectivity index (χ0v) is 16.3. The molecular weight excluding hydrogens is 350 g/mol. The lowest BCUT2D eigenvalue weighted by molar-refractivity contribution is -0.100. The smallest absolute Gasteiger partial charge is 0.169 e. The van der Waals surface area contributed by atoms with Gasteiger partial charge in [-0.2, -0.15) is 0 Å². The largest absolute Gasteiger partial charge is 0.495 e. The number of hydrogen-bond acceptors (Lipinski definition) is 4. The van der Waals surface area contributed by atoms with Crippen molar-refractivity contribution in [2.24, 2.45) is 0 Å². The van der Waals surface area contributed by atoms with Crippen LogP contribution in [0.3, 0.4) is 0 Å². The topological polar surface area (TPSA) is 39.7 Å². The molecule has 2 aromatic rings. The molecule has 2 atom stereocenters. The first kappa shape index (κ1) is 19.2. The third-order valence-corrected chi connectivity index (χ3v) is 5.44. The van der Waals surface area contributed by atoms with Crippen LogP contribution in [0.4, 0.5) is 0 Å². The second-order valence-electron chi connectivity index (χ2n) is 6.52. The van der Waals surface area contributed by atoms with E-state index in [-0.39, 0.29) is 18.2 Å². The minimum absolute atomic E-state index is 0.223. The molecule has 0 unspecified atom stereocenters. The summed E-state index contributed by atoms with van der Waals surface area (Å²) in [6.45, 7) is 0.640. The van der Waals surface area contributed by atoms with Crippen molar-refractivity contribution in [2.45, 2.75) is 31.1 Å². The van der Waals surface area contributed by atoms with Crippen molar-refractivity contribution < 1.29 is 14.2 Å². The van der Waals surface area contributed by atoms with Crippen molar-refractivity contribution in [1.82, 2.24) is 5.32 Å². The molecule has 1 aliphatic rings. The van der Waals surface area contributed by atoms with Gasteiger partial charge in [-0.3, -0.25) is 0 Å². The molecule has 4 nitrogen and oxygen atoms in total. The van der Waals surface area contributed by atoms with Gasteiger partial charge in [0, 0.05) is 32.7 Å². The van der Waals surface area contributed by atoms with Gasteiger partial charge in [-0.05, 0) is 41.7 Å². The number of aryl methyl sites for hydroxylation is 1. The zero-order valence-electron chi connectivity index (χ0n) is 15.5. The fourth-order valence-corrected chi connectivity index (χ4v) is 3.97. The van der Waals surface area contributed by atoms with E-state index in [4.69, 9.17) is 25.8 Å². The van der Waals surface area contributed by atoms with Gasteiger partial charge in [0.15, 0.2) is 6.29 Å². The highest BCUT2D eigenvalue weighted by molar-refractivity contribution is 6.32. The predicted molar refractivity (Wildman–Crippen MR) is 104 cm³/mol. The third-order valence-electron chi connectivity index (χ3n) is 5.12. The van der Waals surface area contributed by atoms with Crippen LogP contribution < -0.4 is 10.1 Å². The summed E-state index contributed by atoms with van der Waals surface area (Å²) >= 11 is 6.24. The molecule has 0 bridgehead atoms. The van der Waals surface area contributed by atoms with Crippen molar-refractivity contribution in [3.05, 3.63) is 64.2 Å². The first-order chi connectivity index (χ1) is 12.7. The van der Waals surface area contributed by atoms with Crippen molar-refractivity contribution in [3.63, 3.8) is 0 Å². The molecule has 0 aliphatic heterocycles. The van der Waals surface area contributed by atoms with Gasteiger partial charge in [0.05, 0.1) is 12.1 Å². The lowest BCUT2D eigenvalue weighted by Crippen LogP contribution is -2.43. The maximum atomic E-state index is 6.24. The van der Waals surface area contributed by atoms with Crippen LogP contribution in [0, 0.1) is 0 Å². The van der Waals surface area contributed by atoms with E-state index in [9.17, 15) is 0 Å². The van der Waals surface area contributed by atoms with Gasteiger partial charge in [-0.1, -0.05) is 41.9 Å². The van der Waals surface area contributed by atoms with Crippen molar-refractivity contribution in [1.29, 1.82) is 0 Å². The molecular formula is C21H26ClNO3. The van der Waals surface area contributed by atoms with E-state index in [0.29, 0.717) is 17.3 Å². The number of benzene rings is 2. The Morgan fingerprint density at radius 1 is 1.12 bits per heavy atom. The number of fused-ring (bicyclic) bond motifs is 1. The Bertz CT molecular complexity index is 733. The van der Waals surface area contributed by atoms with Crippen LogP contribution >= 0.6 is 11.6 Å². The molecule has 26 heavy (non-hydrogen) atoms. The molecule has 0 heterocycles. The van der Waals surface area contributed by atoms with Crippen LogP contribution in [0.1, 0.15) is 29.0 Å². The van der Waals surface area contributed by atoms with E-state index in [2.05, 4.69) is 35.6 Å². The SMILES string of the molecule is COc1cc([C@H]2c3ccccc3CC[C@@H]2NCC(OC)OC)ccc1Cl. The second-order valence-corrected chi connectivity index (χ2v) is 6.93. The maximum absolute atomic E-state index is 6.24. The first-order valence-electron chi connectivity index (χ1n) is 8.88. The van der Waals surface area contributed by atoms with Crippen LogP contribution in [0.2, 0.25) is 5.02 Å². The van der Waals surface area contributed by atoms with Gasteiger partial charge in [0.2, 0.25) is 0 Å². The quantitative estimate of drug-likeness (QED) is 0.742. The monoisotopic (exact) mass is 375 g/mol. The molecule has 3 rings (SSSR count). The van der Waals surface area contributed by atoms with Crippen LogP contribution in [0.15, 0.2) is 42.5 Å². The summed E-state index contributed by atoms with van der Waals surface area (Å²) in [5.41, 5.74) is 3.95. The Morgan fingerprint density at radius 2 is 1.88 bits per heavy atom. The molecule has 0 aromatic heterocycles. The molecule has 0 radical (unpaired) electrons. The molecule has 1 aliphatic carbocycles. The third kappa shape index (κ3) is 4.04. The normalized spacial score (nSPS) is 19.4. The summed E-state index contributed by atoms with van der Waals surface area (Å²) in [7, 11) is 4.97. The highest BCUT2D eigenvalue weighted by atomic mass is 35.5. The zero-order chi connectivity index (χ0) is 18.5. The number of nitrogens with one attached hydrogen (secondary N) is 1. The van der Waals surface area contributed by atoms with Gasteiger partial charge in [0.25, 0.3) is 0 Å². The molecule has 0 saturated carbocycles. The van der Waals surface area contributed by atoms with E-state index in [1.165, 1.54) is 16.7 Å². The number of methoxy groups -OCH3 is 3. The molecule has 140 valence electrons. The van der Waals surface area contributed by atoms with Crippen molar-refractivity contribution in [3.8, 4) is 5.75 Å². The Hall–Kier alpha value is -1.59. The lowest BCUT2D eigenvalue weighted by atomic mass is 9.75. The molecule has 2 aromatic carbocycles. The average molecular weight is 376 g/mol. The molecule has 0 saturated heterocycles. The lowest BCUT2D eigenvalue weighted by Gasteiger charge is -2.35. The van der Waals surface area contributed by atoms with E-state index in [0.717, 1.165) is 12.8 Å². The standard InChI is InChI=1S/C21H26ClNO3/c1-24-19-12-15(8-10-17(19)22)21-16-7-5-4-6-14(16)9-11-18(21)23-13-20(25-2)26-3/h4-8,10,12,18,20-21,23H,9,11,13H2,1-3H3/t18-,21-/m0/s1. The molecule has 0 amide bonds. The number of halogens is 1. The molecule has 0 spiro atoms. The van der Waals surface area contributed by atoms with Gasteiger partial charge in [-0.25, -0.2) is 0 Å². The minimum atomic E-state index is -0.257. The van der Waals surface area contributed by atoms with Gasteiger partial charge >= 0.3 is 0 Å². The van der Waals surface area contributed by atoms with Crippen LogP contribution in [0.25, 0.3) is 0 Å². The summed E-state index contributed by atoms with van der Waals surface area (Å²) in [5.74, 6) is 0.929. The van der Waals surface area contributed by atoms with Gasteiger partial charge in [-0.15, -0.1) is 0 Å². The molecule has 5 heteroatoms. The highest BCUT2D eigenvalue weighted by Gasteiger charge is 2.31. The van der Waals surface area contributed by atoms with Crippen LogP contribution in [-0.2, 0) is 15.9 Å². The minimum Gasteiger partial charge on any atom is -0.495 e. The predicted octanol–water partition coefficient (Wildman–Crippen LogP) is 4.00. The molecule has 0 fully saturated rings. The number of hydrogen-bond donors (Lipinski definition) is 1. The fraction of sp³-hybridized carbons (Fsp3) is 0.429. The summed E-state index contributed by atoms with van der Waals surface area (Å²) in [6, 6.07) is 15.0. The van der Waals surface area contributed by atoms with E-state index < -0.39 is 0 Å². The van der Waals surface area contributed by atoms with E-state index in [1.807, 2.05) is 12.1 Å². The van der Waals surface area contributed by atoms with Crippen molar-refractivity contribution in [2.75, 3.05) is 27.9 Å². The maximum Gasteiger partial charge on any atom is 0.169 e. The van der Waals surface area contributed by atoms with Gasteiger partial charge in [0.1, 0.15) is 5.75 Å². The van der Waals surface area contributed by atoms with Gasteiger partial charge < -0.3 is 19.5 Å². The highest BCUT2D eigenvalue weighted by Crippen LogP contribution is 2.39. The summed E-state index contributed by atoms with van der Waals surface area (Å²) in [5, 5.41) is 4.27. The average Bonchev–Trinajstić information content (AvgIpc) is 2.69. The fourth-order valence-electron chi connectivity index (χ4n) is 3.77. The van der Waals surface area contributed by atoms with Crippen molar-refractivity contribution >= 4 is 11.6 Å². The summed E-state index contributed by atoms with van der Waals surface area (Å²) < 4.78 is 16.1. The van der Waals surface area contributed by atoms with Crippen LogP contribution in [-0.4, -0.2) is 40.2 Å². The molecule has 1 N–H and O–H groups in total. The Kier molecular flexibility index (Phi) is 6.54. The Labute approximate surface area is 160 Å².